The third-order valence-corrected chi connectivity index (χ3v) is 2.63. The molecule has 0 saturated heterocycles. The van der Waals surface area contributed by atoms with Crippen LogP contribution < -0.4 is 10.2 Å². The third-order valence-electron chi connectivity index (χ3n) is 2.63. The van der Waals surface area contributed by atoms with Crippen LogP contribution in [0.5, 0.6) is 0 Å². The normalized spacial score (nSPS) is 10.4. The molecule has 0 aromatic carbocycles. The lowest BCUT2D eigenvalue weighted by Gasteiger charge is -2.17. The molecular weight excluding hydrogens is 198 g/mol. The summed E-state index contributed by atoms with van der Waals surface area (Å²) in [4.78, 5) is 6.31. The summed E-state index contributed by atoms with van der Waals surface area (Å²) in [6, 6.07) is 2.06. The van der Waals surface area contributed by atoms with Gasteiger partial charge in [-0.1, -0.05) is 19.8 Å². The minimum Gasteiger partial charge on any atom is -0.377 e. The van der Waals surface area contributed by atoms with E-state index in [1.165, 1.54) is 30.5 Å². The van der Waals surface area contributed by atoms with Crippen LogP contribution in [0.1, 0.15) is 31.7 Å². The van der Waals surface area contributed by atoms with Crippen LogP contribution in [0.2, 0.25) is 0 Å². The van der Waals surface area contributed by atoms with Gasteiger partial charge in [-0.15, -0.1) is 0 Å². The zero-order chi connectivity index (χ0) is 11.8. The first-order valence-corrected chi connectivity index (χ1v) is 6.06. The molecular formula is C13H23N3. The summed E-state index contributed by atoms with van der Waals surface area (Å²) in [5.41, 5.74) is 2.52. The molecule has 3 heteroatoms. The summed E-state index contributed by atoms with van der Waals surface area (Å²) in [6.45, 7) is 4.23. The van der Waals surface area contributed by atoms with Crippen LogP contribution >= 0.6 is 0 Å². The Morgan fingerprint density at radius 2 is 2.12 bits per heavy atom. The molecule has 1 aromatic heterocycles. The van der Waals surface area contributed by atoms with Gasteiger partial charge < -0.3 is 10.2 Å². The topological polar surface area (TPSA) is 28.2 Å². The maximum Gasteiger partial charge on any atom is 0.0437 e. The van der Waals surface area contributed by atoms with E-state index in [0.717, 1.165) is 13.1 Å². The van der Waals surface area contributed by atoms with Crippen molar-refractivity contribution in [3.8, 4) is 0 Å². The number of pyridine rings is 1. The highest BCUT2D eigenvalue weighted by Gasteiger charge is 2.02. The fourth-order valence-corrected chi connectivity index (χ4v) is 1.72. The Hall–Kier alpha value is -1.09. The molecule has 0 spiro atoms. The van der Waals surface area contributed by atoms with E-state index in [1.54, 1.807) is 0 Å². The Kier molecular flexibility index (Phi) is 5.86. The number of anilines is 1. The summed E-state index contributed by atoms with van der Waals surface area (Å²) < 4.78 is 0. The number of rotatable bonds is 7. The van der Waals surface area contributed by atoms with E-state index >= 15 is 0 Å². The third kappa shape index (κ3) is 4.19. The Morgan fingerprint density at radius 3 is 2.81 bits per heavy atom. The molecule has 1 N–H and O–H groups in total. The molecule has 90 valence electrons. The van der Waals surface area contributed by atoms with Gasteiger partial charge in [0.1, 0.15) is 0 Å². The van der Waals surface area contributed by atoms with Gasteiger partial charge >= 0.3 is 0 Å². The van der Waals surface area contributed by atoms with Crippen LogP contribution in [0.25, 0.3) is 0 Å². The maximum atomic E-state index is 4.18. The zero-order valence-corrected chi connectivity index (χ0v) is 10.7. The first-order valence-electron chi connectivity index (χ1n) is 6.06. The van der Waals surface area contributed by atoms with Crippen molar-refractivity contribution in [3.05, 3.63) is 24.0 Å². The van der Waals surface area contributed by atoms with Crippen molar-refractivity contribution in [2.24, 2.45) is 0 Å². The van der Waals surface area contributed by atoms with Gasteiger partial charge in [0.25, 0.3) is 0 Å². The SMILES string of the molecule is CCCCCNCc1cnccc1N(C)C. The molecule has 0 aliphatic carbocycles. The summed E-state index contributed by atoms with van der Waals surface area (Å²) in [6.07, 6.45) is 7.63. The number of nitrogens with one attached hydrogen (secondary N) is 1. The second kappa shape index (κ2) is 7.23. The van der Waals surface area contributed by atoms with Crippen molar-refractivity contribution in [3.63, 3.8) is 0 Å². The number of aromatic nitrogens is 1. The number of hydrogen-bond donors (Lipinski definition) is 1. The first kappa shape index (κ1) is 13.0. The van der Waals surface area contributed by atoms with Crippen molar-refractivity contribution < 1.29 is 0 Å². The van der Waals surface area contributed by atoms with Crippen molar-refractivity contribution in [2.45, 2.75) is 32.7 Å². The van der Waals surface area contributed by atoms with Gasteiger partial charge in [0, 0.05) is 44.3 Å². The average Bonchev–Trinajstić information content (AvgIpc) is 2.29. The van der Waals surface area contributed by atoms with E-state index < -0.39 is 0 Å². The molecule has 0 bridgehead atoms. The zero-order valence-electron chi connectivity index (χ0n) is 10.7. The van der Waals surface area contributed by atoms with Crippen molar-refractivity contribution in [1.29, 1.82) is 0 Å². The molecule has 0 aliphatic rings. The molecule has 0 aliphatic heterocycles. The van der Waals surface area contributed by atoms with E-state index in [1.807, 2.05) is 12.4 Å². The van der Waals surface area contributed by atoms with E-state index in [-0.39, 0.29) is 0 Å². The highest BCUT2D eigenvalue weighted by Crippen LogP contribution is 2.15. The predicted octanol–water partition coefficient (Wildman–Crippen LogP) is 2.43. The summed E-state index contributed by atoms with van der Waals surface area (Å²) in [7, 11) is 4.13. The molecule has 0 radical (unpaired) electrons. The van der Waals surface area contributed by atoms with Crippen LogP contribution in [-0.2, 0) is 6.54 Å². The van der Waals surface area contributed by atoms with Gasteiger partial charge in [-0.2, -0.15) is 0 Å². The van der Waals surface area contributed by atoms with Crippen molar-refractivity contribution in [1.82, 2.24) is 10.3 Å². The van der Waals surface area contributed by atoms with Gasteiger partial charge in [0.2, 0.25) is 0 Å². The lowest BCUT2D eigenvalue weighted by atomic mass is 10.2. The molecule has 0 saturated carbocycles. The molecule has 1 heterocycles. The standard InChI is InChI=1S/C13H23N3/c1-4-5-6-8-14-10-12-11-15-9-7-13(12)16(2)3/h7,9,11,14H,4-6,8,10H2,1-3H3. The van der Waals surface area contributed by atoms with E-state index in [0.29, 0.717) is 0 Å². The van der Waals surface area contributed by atoms with Crippen LogP contribution in [0.15, 0.2) is 18.5 Å². The van der Waals surface area contributed by atoms with E-state index in [2.05, 4.69) is 42.3 Å². The molecule has 16 heavy (non-hydrogen) atoms. The Labute approximate surface area is 98.9 Å². The highest BCUT2D eigenvalue weighted by molar-refractivity contribution is 5.50. The lowest BCUT2D eigenvalue weighted by molar-refractivity contribution is 0.616. The Morgan fingerprint density at radius 1 is 1.31 bits per heavy atom. The molecule has 0 unspecified atom stereocenters. The molecule has 0 atom stereocenters. The number of unbranched alkanes of at least 4 members (excludes halogenated alkanes) is 2. The van der Waals surface area contributed by atoms with Crippen molar-refractivity contribution >= 4 is 5.69 Å². The average molecular weight is 221 g/mol. The van der Waals surface area contributed by atoms with Crippen LogP contribution in [0.3, 0.4) is 0 Å². The van der Waals surface area contributed by atoms with Crippen LogP contribution in [-0.4, -0.2) is 25.6 Å². The molecule has 1 rings (SSSR count). The lowest BCUT2D eigenvalue weighted by Crippen LogP contribution is -2.18. The number of nitrogens with zero attached hydrogens (tertiary/aromatic N) is 2. The number of hydrogen-bond acceptors (Lipinski definition) is 3. The summed E-state index contributed by atoms with van der Waals surface area (Å²) in [5, 5.41) is 3.47. The van der Waals surface area contributed by atoms with Gasteiger partial charge in [0.15, 0.2) is 0 Å². The smallest absolute Gasteiger partial charge is 0.0437 e. The van der Waals surface area contributed by atoms with Gasteiger partial charge in [0.05, 0.1) is 0 Å². The van der Waals surface area contributed by atoms with E-state index in [9.17, 15) is 0 Å². The second-order valence-corrected chi connectivity index (χ2v) is 4.28. The van der Waals surface area contributed by atoms with Gasteiger partial charge in [-0.05, 0) is 19.0 Å². The molecule has 1 aromatic rings. The monoisotopic (exact) mass is 221 g/mol. The van der Waals surface area contributed by atoms with Crippen molar-refractivity contribution in [2.75, 3.05) is 25.5 Å². The molecule has 0 amide bonds. The summed E-state index contributed by atoms with van der Waals surface area (Å²) in [5.74, 6) is 0. The van der Waals surface area contributed by atoms with E-state index in [4.69, 9.17) is 0 Å². The fraction of sp³-hybridized carbons (Fsp3) is 0.615. The van der Waals surface area contributed by atoms with Crippen LogP contribution in [0.4, 0.5) is 5.69 Å². The second-order valence-electron chi connectivity index (χ2n) is 4.28. The Bertz CT molecular complexity index is 297. The maximum absolute atomic E-state index is 4.18. The fourth-order valence-electron chi connectivity index (χ4n) is 1.72. The predicted molar refractivity (Wildman–Crippen MR) is 69.8 cm³/mol. The van der Waals surface area contributed by atoms with Crippen LogP contribution in [0, 0.1) is 0 Å². The minimum absolute atomic E-state index is 0.908. The summed E-state index contributed by atoms with van der Waals surface area (Å²) >= 11 is 0. The van der Waals surface area contributed by atoms with Gasteiger partial charge in [-0.25, -0.2) is 0 Å². The largest absolute Gasteiger partial charge is 0.377 e. The molecule has 3 nitrogen and oxygen atoms in total. The highest BCUT2D eigenvalue weighted by atomic mass is 15.1. The minimum atomic E-state index is 0.908. The molecule has 0 fully saturated rings. The van der Waals surface area contributed by atoms with Gasteiger partial charge in [-0.3, -0.25) is 4.98 Å². The quantitative estimate of drug-likeness (QED) is 0.717. The Balaban J connectivity index is 2.41. The first-order chi connectivity index (χ1) is 7.75.